The fraction of sp³-hybridized carbons (Fsp3) is 0.417. The largest absolute Gasteiger partial charge is 0.354 e. The van der Waals surface area contributed by atoms with E-state index < -0.39 is 27.8 Å². The Labute approximate surface area is 194 Å². The van der Waals surface area contributed by atoms with Crippen molar-refractivity contribution in [2.75, 3.05) is 19.6 Å². The van der Waals surface area contributed by atoms with Crippen LogP contribution in [0.3, 0.4) is 0 Å². The zero-order valence-electron chi connectivity index (χ0n) is 18.8. The summed E-state index contributed by atoms with van der Waals surface area (Å²) in [5, 5.41) is 5.63. The zero-order chi connectivity index (χ0) is 24.0. The maximum atomic E-state index is 13.1. The molecule has 9 heteroatoms. The van der Waals surface area contributed by atoms with Crippen molar-refractivity contribution in [1.29, 1.82) is 0 Å². The number of sulfonamides is 1. The Morgan fingerprint density at radius 3 is 2.21 bits per heavy atom. The van der Waals surface area contributed by atoms with Crippen LogP contribution in [0.5, 0.6) is 0 Å². The third-order valence-corrected chi connectivity index (χ3v) is 7.77. The summed E-state index contributed by atoms with van der Waals surface area (Å²) < 4.78 is 40.1. The predicted molar refractivity (Wildman–Crippen MR) is 123 cm³/mol. The van der Waals surface area contributed by atoms with Crippen LogP contribution < -0.4 is 10.6 Å². The quantitative estimate of drug-likeness (QED) is 0.614. The van der Waals surface area contributed by atoms with Gasteiger partial charge in [0.2, 0.25) is 15.9 Å². The number of benzene rings is 2. The minimum Gasteiger partial charge on any atom is -0.354 e. The first-order valence-corrected chi connectivity index (χ1v) is 12.5. The molecule has 0 aromatic heterocycles. The first kappa shape index (κ1) is 24.9. The third-order valence-electron chi connectivity index (χ3n) is 5.86. The first-order valence-electron chi connectivity index (χ1n) is 11.1. The van der Waals surface area contributed by atoms with Gasteiger partial charge in [-0.1, -0.05) is 32.0 Å². The van der Waals surface area contributed by atoms with Crippen molar-refractivity contribution in [3.63, 3.8) is 0 Å². The molecule has 0 saturated carbocycles. The van der Waals surface area contributed by atoms with E-state index >= 15 is 0 Å². The second-order valence-corrected chi connectivity index (χ2v) is 10.5. The number of halogens is 1. The SMILES string of the molecule is CC(C)C(NC(=O)c1ccc(F)cc1)C(=O)NCC1CCN(S(=O)(=O)c2ccccc2)CC1. The predicted octanol–water partition coefficient (Wildman–Crippen LogP) is 2.80. The molecule has 0 spiro atoms. The van der Waals surface area contributed by atoms with Gasteiger partial charge in [-0.3, -0.25) is 9.59 Å². The zero-order valence-corrected chi connectivity index (χ0v) is 19.6. The molecular weight excluding hydrogens is 445 g/mol. The van der Waals surface area contributed by atoms with E-state index in [1.54, 1.807) is 30.3 Å². The molecule has 33 heavy (non-hydrogen) atoms. The summed E-state index contributed by atoms with van der Waals surface area (Å²) >= 11 is 0. The molecule has 1 atom stereocenters. The van der Waals surface area contributed by atoms with E-state index in [4.69, 9.17) is 0 Å². The van der Waals surface area contributed by atoms with E-state index in [1.807, 2.05) is 13.8 Å². The highest BCUT2D eigenvalue weighted by Crippen LogP contribution is 2.23. The molecule has 7 nitrogen and oxygen atoms in total. The van der Waals surface area contributed by atoms with Gasteiger partial charge >= 0.3 is 0 Å². The third kappa shape index (κ3) is 6.39. The van der Waals surface area contributed by atoms with Crippen LogP contribution in [-0.4, -0.2) is 50.2 Å². The summed E-state index contributed by atoms with van der Waals surface area (Å²) in [6.07, 6.45) is 1.28. The maximum absolute atomic E-state index is 13.1. The molecule has 1 fully saturated rings. The van der Waals surface area contributed by atoms with Crippen LogP contribution in [0.1, 0.15) is 37.0 Å². The van der Waals surface area contributed by atoms with Gasteiger partial charge in [0.05, 0.1) is 4.90 Å². The summed E-state index contributed by atoms with van der Waals surface area (Å²) in [6.45, 7) is 4.87. The Hall–Kier alpha value is -2.78. The molecule has 2 N–H and O–H groups in total. The van der Waals surface area contributed by atoms with Gasteiger partial charge in [-0.2, -0.15) is 4.31 Å². The van der Waals surface area contributed by atoms with E-state index in [0.717, 1.165) is 0 Å². The number of rotatable bonds is 8. The number of nitrogens with one attached hydrogen (secondary N) is 2. The minimum absolute atomic E-state index is 0.146. The van der Waals surface area contributed by atoms with E-state index in [0.29, 0.717) is 32.5 Å². The molecule has 2 aromatic carbocycles. The van der Waals surface area contributed by atoms with Crippen molar-refractivity contribution >= 4 is 21.8 Å². The van der Waals surface area contributed by atoms with Crippen molar-refractivity contribution in [3.05, 3.63) is 66.0 Å². The lowest BCUT2D eigenvalue weighted by atomic mass is 9.97. The highest BCUT2D eigenvalue weighted by atomic mass is 32.2. The topological polar surface area (TPSA) is 95.6 Å². The molecule has 2 aromatic rings. The van der Waals surface area contributed by atoms with Gasteiger partial charge in [-0.05, 0) is 61.1 Å². The summed E-state index contributed by atoms with van der Waals surface area (Å²) in [6, 6.07) is 12.8. The Bertz CT molecular complexity index is 1050. The van der Waals surface area contributed by atoms with Crippen molar-refractivity contribution in [1.82, 2.24) is 14.9 Å². The van der Waals surface area contributed by atoms with Gasteiger partial charge in [0.15, 0.2) is 0 Å². The van der Waals surface area contributed by atoms with Crippen molar-refractivity contribution in [2.24, 2.45) is 11.8 Å². The number of amides is 2. The fourth-order valence-electron chi connectivity index (χ4n) is 3.81. The van der Waals surface area contributed by atoms with Crippen LogP contribution in [0, 0.1) is 17.7 Å². The molecule has 0 bridgehead atoms. The van der Waals surface area contributed by atoms with Crippen molar-refractivity contribution in [2.45, 2.75) is 37.6 Å². The number of carbonyl (C=O) groups excluding carboxylic acids is 2. The summed E-state index contributed by atoms with van der Waals surface area (Å²) in [4.78, 5) is 25.5. The van der Waals surface area contributed by atoms with Crippen LogP contribution in [0.15, 0.2) is 59.5 Å². The summed E-state index contributed by atoms with van der Waals surface area (Å²) in [7, 11) is -3.51. The average Bonchev–Trinajstić information content (AvgIpc) is 2.82. The number of hydrogen-bond acceptors (Lipinski definition) is 4. The van der Waals surface area contributed by atoms with Gasteiger partial charge in [-0.25, -0.2) is 12.8 Å². The molecule has 3 rings (SSSR count). The van der Waals surface area contributed by atoms with E-state index in [2.05, 4.69) is 10.6 Å². The minimum atomic E-state index is -3.51. The van der Waals surface area contributed by atoms with Crippen LogP contribution in [0.2, 0.25) is 0 Å². The number of hydrogen-bond donors (Lipinski definition) is 2. The van der Waals surface area contributed by atoms with Crippen molar-refractivity contribution in [3.8, 4) is 0 Å². The molecule has 1 saturated heterocycles. The highest BCUT2D eigenvalue weighted by molar-refractivity contribution is 7.89. The van der Waals surface area contributed by atoms with Crippen LogP contribution in [-0.2, 0) is 14.8 Å². The van der Waals surface area contributed by atoms with E-state index in [1.165, 1.54) is 28.6 Å². The van der Waals surface area contributed by atoms with Gasteiger partial charge in [0, 0.05) is 25.2 Å². The molecule has 0 radical (unpaired) electrons. The smallest absolute Gasteiger partial charge is 0.251 e. The highest BCUT2D eigenvalue weighted by Gasteiger charge is 2.30. The Balaban J connectivity index is 1.51. The van der Waals surface area contributed by atoms with E-state index in [-0.39, 0.29) is 28.2 Å². The number of nitrogens with zero attached hydrogens (tertiary/aromatic N) is 1. The van der Waals surface area contributed by atoms with Crippen LogP contribution >= 0.6 is 0 Å². The van der Waals surface area contributed by atoms with Crippen LogP contribution in [0.4, 0.5) is 4.39 Å². The van der Waals surface area contributed by atoms with E-state index in [9.17, 15) is 22.4 Å². The summed E-state index contributed by atoms with van der Waals surface area (Å²) in [5.74, 6) is -1.17. The Morgan fingerprint density at radius 1 is 1.03 bits per heavy atom. The second kappa shape index (κ2) is 10.9. The number of piperidine rings is 1. The summed E-state index contributed by atoms with van der Waals surface area (Å²) in [5.41, 5.74) is 0.279. The van der Waals surface area contributed by atoms with Crippen molar-refractivity contribution < 1.29 is 22.4 Å². The lowest BCUT2D eigenvalue weighted by molar-refractivity contribution is -0.124. The molecular formula is C24H30FN3O4S. The van der Waals surface area contributed by atoms with Gasteiger partial charge in [0.25, 0.3) is 5.91 Å². The van der Waals surface area contributed by atoms with Gasteiger partial charge in [-0.15, -0.1) is 0 Å². The fourth-order valence-corrected chi connectivity index (χ4v) is 5.30. The van der Waals surface area contributed by atoms with Crippen LogP contribution in [0.25, 0.3) is 0 Å². The molecule has 2 amide bonds. The van der Waals surface area contributed by atoms with Gasteiger partial charge < -0.3 is 10.6 Å². The molecule has 178 valence electrons. The molecule has 0 aliphatic carbocycles. The normalized spacial score (nSPS) is 16.4. The number of carbonyl (C=O) groups is 2. The van der Waals surface area contributed by atoms with Gasteiger partial charge in [0.1, 0.15) is 11.9 Å². The Kier molecular flexibility index (Phi) is 8.20. The lowest BCUT2D eigenvalue weighted by Gasteiger charge is -2.31. The lowest BCUT2D eigenvalue weighted by Crippen LogP contribution is -2.51. The first-order chi connectivity index (χ1) is 15.7. The average molecular weight is 476 g/mol. The molecule has 1 unspecified atom stereocenters. The molecule has 1 aliphatic rings. The Morgan fingerprint density at radius 2 is 1.64 bits per heavy atom. The second-order valence-electron chi connectivity index (χ2n) is 8.61. The standard InChI is InChI=1S/C24H30FN3O4S/c1-17(2)22(27-23(29)19-8-10-20(25)11-9-19)24(30)26-16-18-12-14-28(15-13-18)33(31,32)21-6-4-3-5-7-21/h3-11,17-18,22H,12-16H2,1-2H3,(H,26,30)(H,27,29). The monoisotopic (exact) mass is 475 g/mol. The molecule has 1 heterocycles. The molecule has 1 aliphatic heterocycles. The maximum Gasteiger partial charge on any atom is 0.251 e.